The minimum atomic E-state index is -0.271. The van der Waals surface area contributed by atoms with Gasteiger partial charge in [0.25, 0.3) is 5.91 Å². The van der Waals surface area contributed by atoms with Gasteiger partial charge in [0.2, 0.25) is 0 Å². The van der Waals surface area contributed by atoms with E-state index in [-0.39, 0.29) is 17.8 Å². The zero-order chi connectivity index (χ0) is 14.7. The lowest BCUT2D eigenvalue weighted by Gasteiger charge is -2.04. The van der Waals surface area contributed by atoms with Crippen LogP contribution in [0.2, 0.25) is 0 Å². The summed E-state index contributed by atoms with van der Waals surface area (Å²) >= 11 is 1.24. The molecule has 0 saturated heterocycles. The third-order valence-corrected chi connectivity index (χ3v) is 3.49. The van der Waals surface area contributed by atoms with Crippen LogP contribution in [0.15, 0.2) is 12.4 Å². The summed E-state index contributed by atoms with van der Waals surface area (Å²) in [6, 6.07) is 0.235. The number of carbonyl (C=O) groups is 1. The van der Waals surface area contributed by atoms with Gasteiger partial charge in [-0.05, 0) is 20.8 Å². The Kier molecular flexibility index (Phi) is 4.23. The second kappa shape index (κ2) is 5.91. The molecule has 2 aromatic rings. The predicted molar refractivity (Wildman–Crippen MR) is 81.1 cm³/mol. The Labute approximate surface area is 121 Å². The van der Waals surface area contributed by atoms with Gasteiger partial charge in [-0.3, -0.25) is 9.48 Å². The summed E-state index contributed by atoms with van der Waals surface area (Å²) in [5.41, 5.74) is 6.42. The highest BCUT2D eigenvalue weighted by Crippen LogP contribution is 2.26. The number of nitrogens with two attached hydrogens (primary N) is 1. The monoisotopic (exact) mass is 294 g/mol. The van der Waals surface area contributed by atoms with Crippen molar-refractivity contribution < 1.29 is 4.79 Å². The number of thiazole rings is 1. The summed E-state index contributed by atoms with van der Waals surface area (Å²) < 4.78 is 1.73. The maximum Gasteiger partial charge on any atom is 0.269 e. The van der Waals surface area contributed by atoms with Crippen molar-refractivity contribution in [3.63, 3.8) is 0 Å². The van der Waals surface area contributed by atoms with Gasteiger partial charge in [-0.2, -0.15) is 5.10 Å². The molecule has 0 saturated carbocycles. The van der Waals surface area contributed by atoms with E-state index < -0.39 is 0 Å². The van der Waals surface area contributed by atoms with Crippen LogP contribution in [-0.4, -0.2) is 26.7 Å². The molecule has 2 rings (SSSR count). The first kappa shape index (κ1) is 14.3. The van der Waals surface area contributed by atoms with Crippen molar-refractivity contribution in [2.24, 2.45) is 0 Å². The molecule has 0 fully saturated rings. The van der Waals surface area contributed by atoms with Gasteiger partial charge in [0.1, 0.15) is 10.7 Å². The fraction of sp³-hybridized carbons (Fsp3) is 0.417. The lowest BCUT2D eigenvalue weighted by Crippen LogP contribution is -2.11. The Morgan fingerprint density at radius 3 is 2.90 bits per heavy atom. The van der Waals surface area contributed by atoms with Crippen molar-refractivity contribution in [3.8, 4) is 0 Å². The molecule has 2 heterocycles. The molecule has 0 radical (unpaired) electrons. The van der Waals surface area contributed by atoms with Crippen LogP contribution in [0, 0.1) is 0 Å². The van der Waals surface area contributed by atoms with E-state index in [1.165, 1.54) is 11.3 Å². The van der Waals surface area contributed by atoms with Gasteiger partial charge >= 0.3 is 0 Å². The van der Waals surface area contributed by atoms with Crippen LogP contribution in [0.25, 0.3) is 0 Å². The van der Waals surface area contributed by atoms with Crippen LogP contribution in [0.5, 0.6) is 0 Å². The van der Waals surface area contributed by atoms with Crippen LogP contribution in [0.3, 0.4) is 0 Å². The lowest BCUT2D eigenvalue weighted by atomic mass is 10.4. The number of nitrogen functional groups attached to an aromatic ring is 1. The fourth-order valence-electron chi connectivity index (χ4n) is 1.59. The lowest BCUT2D eigenvalue weighted by molar-refractivity contribution is 0.103. The molecule has 20 heavy (non-hydrogen) atoms. The van der Waals surface area contributed by atoms with Crippen molar-refractivity contribution in [1.82, 2.24) is 14.8 Å². The summed E-state index contributed by atoms with van der Waals surface area (Å²) in [6.45, 7) is 6.72. The highest BCUT2D eigenvalue weighted by Gasteiger charge is 2.17. The van der Waals surface area contributed by atoms with E-state index in [4.69, 9.17) is 5.73 Å². The summed E-state index contributed by atoms with van der Waals surface area (Å²) in [4.78, 5) is 16.7. The molecule has 0 aliphatic heterocycles. The molecule has 0 atom stereocenters. The summed E-state index contributed by atoms with van der Waals surface area (Å²) in [6.07, 6.45) is 3.37. The van der Waals surface area contributed by atoms with Crippen molar-refractivity contribution in [2.75, 3.05) is 16.4 Å². The van der Waals surface area contributed by atoms with Gasteiger partial charge in [-0.25, -0.2) is 4.98 Å². The molecule has 108 valence electrons. The van der Waals surface area contributed by atoms with Crippen molar-refractivity contribution in [3.05, 3.63) is 17.3 Å². The zero-order valence-electron chi connectivity index (χ0n) is 11.7. The topological polar surface area (TPSA) is 97.9 Å². The highest BCUT2D eigenvalue weighted by molar-refractivity contribution is 7.18. The average Bonchev–Trinajstić information content (AvgIpc) is 2.95. The van der Waals surface area contributed by atoms with Crippen LogP contribution < -0.4 is 16.4 Å². The SMILES string of the molecule is CCn1cc(NC(=O)c2sc(NC(C)C)nc2N)cn1. The Hall–Kier alpha value is -2.09. The Balaban J connectivity index is 2.10. The van der Waals surface area contributed by atoms with E-state index in [9.17, 15) is 4.79 Å². The van der Waals surface area contributed by atoms with E-state index >= 15 is 0 Å². The first-order chi connectivity index (χ1) is 9.49. The van der Waals surface area contributed by atoms with Crippen LogP contribution in [-0.2, 0) is 6.54 Å². The molecule has 7 nitrogen and oxygen atoms in total. The second-order valence-corrected chi connectivity index (χ2v) is 5.57. The third-order valence-electron chi connectivity index (χ3n) is 2.49. The van der Waals surface area contributed by atoms with Crippen LogP contribution in [0.1, 0.15) is 30.4 Å². The normalized spacial score (nSPS) is 10.8. The molecule has 0 bridgehead atoms. The number of aromatic nitrogens is 3. The van der Waals surface area contributed by atoms with Gasteiger partial charge in [0, 0.05) is 18.8 Å². The fourth-order valence-corrected chi connectivity index (χ4v) is 2.52. The maximum atomic E-state index is 12.1. The Morgan fingerprint density at radius 2 is 2.30 bits per heavy atom. The first-order valence-electron chi connectivity index (χ1n) is 6.36. The highest BCUT2D eigenvalue weighted by atomic mass is 32.1. The molecule has 0 aliphatic rings. The zero-order valence-corrected chi connectivity index (χ0v) is 12.5. The number of anilines is 3. The molecule has 1 amide bonds. The van der Waals surface area contributed by atoms with E-state index in [1.807, 2.05) is 20.8 Å². The second-order valence-electron chi connectivity index (χ2n) is 4.57. The molecular weight excluding hydrogens is 276 g/mol. The van der Waals surface area contributed by atoms with Crippen molar-refractivity contribution >= 4 is 33.9 Å². The Morgan fingerprint density at radius 1 is 1.55 bits per heavy atom. The number of aryl methyl sites for hydroxylation is 1. The van der Waals surface area contributed by atoms with Crippen LogP contribution in [0.4, 0.5) is 16.6 Å². The van der Waals surface area contributed by atoms with Gasteiger partial charge in [-0.1, -0.05) is 11.3 Å². The molecule has 8 heteroatoms. The van der Waals surface area contributed by atoms with Gasteiger partial charge < -0.3 is 16.4 Å². The molecule has 0 aliphatic carbocycles. The molecule has 0 unspecified atom stereocenters. The molecule has 2 aromatic heterocycles. The number of amides is 1. The van der Waals surface area contributed by atoms with Crippen LogP contribution >= 0.6 is 11.3 Å². The molecular formula is C12H18N6OS. The predicted octanol–water partition coefficient (Wildman–Crippen LogP) is 2.01. The summed E-state index contributed by atoms with van der Waals surface area (Å²) in [5.74, 6) is -0.0361. The number of rotatable bonds is 5. The van der Waals surface area contributed by atoms with Crippen molar-refractivity contribution in [2.45, 2.75) is 33.4 Å². The largest absolute Gasteiger partial charge is 0.382 e. The van der Waals surface area contributed by atoms with Gasteiger partial charge in [0.05, 0.1) is 11.9 Å². The summed E-state index contributed by atoms with van der Waals surface area (Å²) in [5, 5.41) is 10.6. The molecule has 0 spiro atoms. The van der Waals surface area contributed by atoms with E-state index in [1.54, 1.807) is 17.1 Å². The first-order valence-corrected chi connectivity index (χ1v) is 7.18. The third kappa shape index (κ3) is 3.27. The standard InChI is InChI=1S/C12H18N6OS/c1-4-18-6-8(5-14-18)16-11(19)9-10(13)17-12(20-9)15-7(2)3/h5-7H,4,13H2,1-3H3,(H,15,17)(H,16,19). The number of hydrogen-bond donors (Lipinski definition) is 3. The Bertz CT molecular complexity index is 603. The minimum Gasteiger partial charge on any atom is -0.382 e. The van der Waals surface area contributed by atoms with E-state index in [0.29, 0.717) is 15.7 Å². The number of nitrogens with zero attached hydrogens (tertiary/aromatic N) is 3. The number of carbonyl (C=O) groups excluding carboxylic acids is 1. The quantitative estimate of drug-likeness (QED) is 0.783. The maximum absolute atomic E-state index is 12.1. The number of hydrogen-bond acceptors (Lipinski definition) is 6. The smallest absolute Gasteiger partial charge is 0.269 e. The van der Waals surface area contributed by atoms with E-state index in [2.05, 4.69) is 20.7 Å². The summed E-state index contributed by atoms with van der Waals surface area (Å²) in [7, 11) is 0. The molecule has 0 aromatic carbocycles. The average molecular weight is 294 g/mol. The van der Waals surface area contributed by atoms with Gasteiger partial charge in [0.15, 0.2) is 5.13 Å². The minimum absolute atomic E-state index is 0.235. The number of nitrogens with one attached hydrogen (secondary N) is 2. The van der Waals surface area contributed by atoms with Gasteiger partial charge in [-0.15, -0.1) is 0 Å². The van der Waals surface area contributed by atoms with Crippen molar-refractivity contribution in [1.29, 1.82) is 0 Å². The molecule has 4 N–H and O–H groups in total. The van der Waals surface area contributed by atoms with E-state index in [0.717, 1.165) is 6.54 Å².